The fourth-order valence-corrected chi connectivity index (χ4v) is 2.12. The molecule has 17 heavy (non-hydrogen) atoms. The largest absolute Gasteiger partial charge is 0.380 e. The van der Waals surface area contributed by atoms with E-state index >= 15 is 0 Å². The number of rotatable bonds is 4. The second-order valence-electron chi connectivity index (χ2n) is 4.11. The Morgan fingerprint density at radius 1 is 1.59 bits per heavy atom. The molecule has 0 unspecified atom stereocenters. The average Bonchev–Trinajstić information content (AvgIpc) is 3.05. The van der Waals surface area contributed by atoms with E-state index in [2.05, 4.69) is 4.99 Å². The predicted octanol–water partition coefficient (Wildman–Crippen LogP) is 2.95. The lowest BCUT2D eigenvalue weighted by molar-refractivity contribution is 0.184. The maximum Gasteiger partial charge on any atom is 0.235 e. The van der Waals surface area contributed by atoms with Gasteiger partial charge in [-0.2, -0.15) is 4.99 Å². The Labute approximate surface area is 103 Å². The number of isocyanates is 1. The van der Waals surface area contributed by atoms with E-state index in [9.17, 15) is 9.18 Å². The smallest absolute Gasteiger partial charge is 0.235 e. The molecule has 0 spiro atoms. The molecule has 0 bridgehead atoms. The number of halogens is 2. The highest BCUT2D eigenvalue weighted by Crippen LogP contribution is 2.51. The van der Waals surface area contributed by atoms with Crippen molar-refractivity contribution in [3.05, 3.63) is 34.1 Å². The van der Waals surface area contributed by atoms with E-state index in [1.54, 1.807) is 13.2 Å². The van der Waals surface area contributed by atoms with Crippen molar-refractivity contribution >= 4 is 17.7 Å². The highest BCUT2D eigenvalue weighted by Gasteiger charge is 2.47. The summed E-state index contributed by atoms with van der Waals surface area (Å²) in [6.07, 6.45) is 2.79. The fourth-order valence-electron chi connectivity index (χ4n) is 1.88. The van der Waals surface area contributed by atoms with Crippen LogP contribution < -0.4 is 0 Å². The third-order valence-corrected chi connectivity index (χ3v) is 3.16. The summed E-state index contributed by atoms with van der Waals surface area (Å²) < 4.78 is 18.9. The van der Waals surface area contributed by atoms with Gasteiger partial charge in [0.2, 0.25) is 6.08 Å². The van der Waals surface area contributed by atoms with Crippen LogP contribution in [0.3, 0.4) is 0 Å². The predicted molar refractivity (Wildman–Crippen MR) is 61.2 cm³/mol. The molecule has 0 atom stereocenters. The Morgan fingerprint density at radius 3 is 2.82 bits per heavy atom. The molecule has 2 rings (SSSR count). The van der Waals surface area contributed by atoms with Gasteiger partial charge in [0.15, 0.2) is 0 Å². The van der Waals surface area contributed by atoms with E-state index in [1.807, 2.05) is 0 Å². The van der Waals surface area contributed by atoms with Crippen LogP contribution in [0, 0.1) is 5.82 Å². The molecule has 0 aliphatic heterocycles. The van der Waals surface area contributed by atoms with Gasteiger partial charge in [0, 0.05) is 12.7 Å². The van der Waals surface area contributed by atoms with E-state index in [1.165, 1.54) is 12.1 Å². The van der Waals surface area contributed by atoms with Crippen LogP contribution in [-0.2, 0) is 21.7 Å². The first kappa shape index (κ1) is 12.2. The van der Waals surface area contributed by atoms with Crippen molar-refractivity contribution in [2.24, 2.45) is 4.99 Å². The van der Waals surface area contributed by atoms with E-state index in [4.69, 9.17) is 16.3 Å². The first-order valence-corrected chi connectivity index (χ1v) is 5.57. The molecule has 0 saturated heterocycles. The SMILES string of the molecule is COCc1cc(Cl)c(F)c(C2(N=C=O)CC2)c1. The lowest BCUT2D eigenvalue weighted by atomic mass is 10.0. The molecule has 1 aromatic carbocycles. The first-order chi connectivity index (χ1) is 8.13. The van der Waals surface area contributed by atoms with Gasteiger partial charge < -0.3 is 4.74 Å². The summed E-state index contributed by atoms with van der Waals surface area (Å²) in [4.78, 5) is 14.1. The van der Waals surface area contributed by atoms with E-state index in [-0.39, 0.29) is 5.02 Å². The fraction of sp³-hybridized carbons (Fsp3) is 0.417. The van der Waals surface area contributed by atoms with Gasteiger partial charge >= 0.3 is 0 Å². The average molecular weight is 256 g/mol. The van der Waals surface area contributed by atoms with Crippen molar-refractivity contribution in [1.29, 1.82) is 0 Å². The van der Waals surface area contributed by atoms with Crippen LogP contribution in [0.25, 0.3) is 0 Å². The molecule has 1 aliphatic rings. The van der Waals surface area contributed by atoms with Gasteiger partial charge in [0.25, 0.3) is 0 Å². The maximum atomic E-state index is 13.9. The molecule has 1 aromatic rings. The zero-order chi connectivity index (χ0) is 12.5. The number of aliphatic imine (C=N–C) groups is 1. The van der Waals surface area contributed by atoms with Crippen molar-refractivity contribution in [2.75, 3.05) is 7.11 Å². The van der Waals surface area contributed by atoms with Crippen LogP contribution in [0.2, 0.25) is 5.02 Å². The van der Waals surface area contributed by atoms with Gasteiger partial charge in [-0.25, -0.2) is 9.18 Å². The zero-order valence-corrected chi connectivity index (χ0v) is 10.1. The number of ether oxygens (including phenoxy) is 1. The topological polar surface area (TPSA) is 38.7 Å². The molecule has 0 heterocycles. The number of carbonyl (C=O) groups excluding carboxylic acids is 1. The molecule has 0 aromatic heterocycles. The minimum Gasteiger partial charge on any atom is -0.380 e. The Kier molecular flexibility index (Phi) is 3.29. The number of nitrogens with zero attached hydrogens (tertiary/aromatic N) is 1. The minimum absolute atomic E-state index is 0.0296. The van der Waals surface area contributed by atoms with Gasteiger partial charge in [0.05, 0.1) is 11.6 Å². The standard InChI is InChI=1S/C12H11ClFNO2/c1-17-6-8-4-9(11(14)10(13)5-8)12(2-3-12)15-7-16/h4-5H,2-3,6H2,1H3. The van der Waals surface area contributed by atoms with Gasteiger partial charge in [0.1, 0.15) is 11.4 Å². The molecule has 1 fully saturated rings. The van der Waals surface area contributed by atoms with Gasteiger partial charge in [-0.1, -0.05) is 11.6 Å². The molecule has 5 heteroatoms. The summed E-state index contributed by atoms with van der Waals surface area (Å²) >= 11 is 5.82. The summed E-state index contributed by atoms with van der Waals surface area (Å²) in [5.74, 6) is -0.511. The molecular formula is C12H11ClFNO2. The van der Waals surface area contributed by atoms with Crippen LogP contribution in [0.15, 0.2) is 17.1 Å². The van der Waals surface area contributed by atoms with Crippen LogP contribution in [0.1, 0.15) is 24.0 Å². The van der Waals surface area contributed by atoms with Gasteiger partial charge in [-0.05, 0) is 30.5 Å². The van der Waals surface area contributed by atoms with E-state index < -0.39 is 11.4 Å². The zero-order valence-electron chi connectivity index (χ0n) is 9.30. The molecule has 1 aliphatic carbocycles. The van der Waals surface area contributed by atoms with Crippen LogP contribution in [0.4, 0.5) is 4.39 Å². The summed E-state index contributed by atoms with van der Waals surface area (Å²) in [6, 6.07) is 3.17. The molecular weight excluding hydrogens is 245 g/mol. The van der Waals surface area contributed by atoms with Crippen LogP contribution >= 0.6 is 11.6 Å². The highest BCUT2D eigenvalue weighted by molar-refractivity contribution is 6.30. The maximum absolute atomic E-state index is 13.9. The highest BCUT2D eigenvalue weighted by atomic mass is 35.5. The molecule has 90 valence electrons. The van der Waals surface area contributed by atoms with Crippen molar-refractivity contribution in [1.82, 2.24) is 0 Å². The van der Waals surface area contributed by atoms with Crippen LogP contribution in [-0.4, -0.2) is 13.2 Å². The lowest BCUT2D eigenvalue weighted by Gasteiger charge is -2.12. The minimum atomic E-state index is -0.751. The summed E-state index contributed by atoms with van der Waals surface area (Å²) in [7, 11) is 1.55. The van der Waals surface area contributed by atoms with Crippen molar-refractivity contribution in [3.8, 4) is 0 Å². The van der Waals surface area contributed by atoms with E-state index in [0.29, 0.717) is 25.0 Å². The van der Waals surface area contributed by atoms with Crippen molar-refractivity contribution in [3.63, 3.8) is 0 Å². The van der Waals surface area contributed by atoms with Gasteiger partial charge in [-0.3, -0.25) is 0 Å². The quantitative estimate of drug-likeness (QED) is 0.613. The normalized spacial score (nSPS) is 16.4. The number of benzene rings is 1. The molecule has 3 nitrogen and oxygen atoms in total. The first-order valence-electron chi connectivity index (χ1n) is 5.19. The Morgan fingerprint density at radius 2 is 2.29 bits per heavy atom. The number of hydrogen-bond donors (Lipinski definition) is 0. The summed E-state index contributed by atoms with van der Waals surface area (Å²) in [5.41, 5.74) is 0.376. The number of methoxy groups -OCH3 is 1. The van der Waals surface area contributed by atoms with Crippen molar-refractivity contribution < 1.29 is 13.9 Å². The van der Waals surface area contributed by atoms with Crippen molar-refractivity contribution in [2.45, 2.75) is 25.0 Å². The molecule has 0 N–H and O–H groups in total. The monoisotopic (exact) mass is 255 g/mol. The van der Waals surface area contributed by atoms with Crippen LogP contribution in [0.5, 0.6) is 0 Å². The number of hydrogen-bond acceptors (Lipinski definition) is 3. The molecule has 0 radical (unpaired) electrons. The van der Waals surface area contributed by atoms with Gasteiger partial charge in [-0.15, -0.1) is 0 Å². The summed E-state index contributed by atoms with van der Waals surface area (Å²) in [6.45, 7) is 0.341. The summed E-state index contributed by atoms with van der Waals surface area (Å²) in [5, 5.41) is 0.0296. The third kappa shape index (κ3) is 2.25. The van der Waals surface area contributed by atoms with E-state index in [0.717, 1.165) is 5.56 Å². The molecule has 0 amide bonds. The lowest BCUT2D eigenvalue weighted by Crippen LogP contribution is -2.07. The Bertz CT molecular complexity index is 494. The second kappa shape index (κ2) is 4.57. The second-order valence-corrected chi connectivity index (χ2v) is 4.51. The third-order valence-electron chi connectivity index (χ3n) is 2.88. The Hall–Kier alpha value is -1.22. The Balaban J connectivity index is 2.49. The molecule has 1 saturated carbocycles.